The Balaban J connectivity index is 1.55. The molecule has 1 aromatic heterocycles. The Kier molecular flexibility index (Phi) is 6.11. The molecule has 180 valence electrons. The number of rotatable bonds is 4. The third-order valence-corrected chi connectivity index (χ3v) is 5.57. The van der Waals surface area contributed by atoms with Crippen molar-refractivity contribution in [1.29, 1.82) is 0 Å². The second-order valence-electron chi connectivity index (χ2n) is 8.00. The average molecular weight is 483 g/mol. The van der Waals surface area contributed by atoms with Gasteiger partial charge in [-0.2, -0.15) is 26.3 Å². The second-order valence-corrected chi connectivity index (χ2v) is 8.00. The van der Waals surface area contributed by atoms with E-state index in [2.05, 4.69) is 15.3 Å². The summed E-state index contributed by atoms with van der Waals surface area (Å²) < 4.78 is 78.9. The fraction of sp³-hybridized carbons (Fsp3) is 0.318. The van der Waals surface area contributed by atoms with Crippen molar-refractivity contribution in [2.45, 2.75) is 31.4 Å². The lowest BCUT2D eigenvalue weighted by atomic mass is 9.98. The van der Waals surface area contributed by atoms with Crippen LogP contribution in [0.25, 0.3) is 10.9 Å². The van der Waals surface area contributed by atoms with Gasteiger partial charge in [-0.1, -0.05) is 6.07 Å². The molecule has 0 aliphatic carbocycles. The largest absolute Gasteiger partial charge is 0.416 e. The minimum Gasteiger partial charge on any atom is -0.383 e. The molecule has 1 fully saturated rings. The van der Waals surface area contributed by atoms with Crippen LogP contribution in [0.3, 0.4) is 0 Å². The van der Waals surface area contributed by atoms with Crippen molar-refractivity contribution < 1.29 is 31.1 Å². The number of fused-ring (bicyclic) bond motifs is 1. The number of halogens is 6. The summed E-state index contributed by atoms with van der Waals surface area (Å²) in [5.41, 5.74) is 4.11. The van der Waals surface area contributed by atoms with Crippen LogP contribution < -0.4 is 11.1 Å². The van der Waals surface area contributed by atoms with E-state index in [0.717, 1.165) is 5.56 Å². The molecule has 6 nitrogen and oxygen atoms in total. The molecule has 1 aliphatic rings. The fourth-order valence-corrected chi connectivity index (χ4v) is 3.92. The molecule has 1 amide bonds. The number of carbonyl (C=O) groups is 1. The van der Waals surface area contributed by atoms with Crippen molar-refractivity contribution in [3.63, 3.8) is 0 Å². The van der Waals surface area contributed by atoms with Gasteiger partial charge in [0, 0.05) is 25.0 Å². The van der Waals surface area contributed by atoms with Gasteiger partial charge in [0.1, 0.15) is 12.1 Å². The van der Waals surface area contributed by atoms with Gasteiger partial charge >= 0.3 is 12.4 Å². The second kappa shape index (κ2) is 8.75. The molecule has 4 rings (SSSR count). The standard InChI is InChI=1S/C22H19F6N5O/c23-21(24,25)14-5-13(6-15(9-14)22(26,27)28)8-18-20(34)33(4-3-30-18)10-12-1-2-16-17(7-12)31-11-32-19(16)29/h1-2,5-7,9,11,18,30H,3-4,8,10H2,(H2,29,31,32). The molecule has 1 unspecified atom stereocenters. The molecule has 3 aromatic rings. The number of anilines is 1. The highest BCUT2D eigenvalue weighted by atomic mass is 19.4. The summed E-state index contributed by atoms with van der Waals surface area (Å²) >= 11 is 0. The molecule has 3 N–H and O–H groups in total. The normalized spacial score (nSPS) is 17.4. The van der Waals surface area contributed by atoms with Gasteiger partial charge in [-0.25, -0.2) is 9.97 Å². The Hall–Kier alpha value is -3.41. The van der Waals surface area contributed by atoms with Gasteiger partial charge in [0.15, 0.2) is 0 Å². The number of carbonyl (C=O) groups excluding carboxylic acids is 1. The van der Waals surface area contributed by atoms with E-state index in [9.17, 15) is 31.1 Å². The van der Waals surface area contributed by atoms with Crippen molar-refractivity contribution >= 4 is 22.6 Å². The Morgan fingerprint density at radius 3 is 2.29 bits per heavy atom. The summed E-state index contributed by atoms with van der Waals surface area (Å²) in [6.07, 6.45) is -8.90. The van der Waals surface area contributed by atoms with Gasteiger partial charge in [0.2, 0.25) is 5.91 Å². The summed E-state index contributed by atoms with van der Waals surface area (Å²) in [5.74, 6) is -0.103. The first-order valence-corrected chi connectivity index (χ1v) is 10.2. The van der Waals surface area contributed by atoms with E-state index < -0.39 is 35.4 Å². The van der Waals surface area contributed by atoms with Crippen LogP contribution in [0.4, 0.5) is 32.2 Å². The van der Waals surface area contributed by atoms with Gasteiger partial charge in [0.05, 0.1) is 22.7 Å². The first-order chi connectivity index (χ1) is 15.9. The number of alkyl halides is 6. The van der Waals surface area contributed by atoms with Crippen LogP contribution >= 0.6 is 0 Å². The molecule has 1 saturated heterocycles. The molecule has 2 aromatic carbocycles. The van der Waals surface area contributed by atoms with Crippen LogP contribution in [-0.4, -0.2) is 39.9 Å². The SMILES string of the molecule is Nc1ncnc2cc(CN3CCNC(Cc4cc(C(F)(F)F)cc(C(F)(F)F)c4)C3=O)ccc12. The highest BCUT2D eigenvalue weighted by molar-refractivity contribution is 5.88. The van der Waals surface area contributed by atoms with Gasteiger partial charge in [-0.05, 0) is 47.9 Å². The topological polar surface area (TPSA) is 84.1 Å². The van der Waals surface area contributed by atoms with Crippen LogP contribution in [0.5, 0.6) is 0 Å². The summed E-state index contributed by atoms with van der Waals surface area (Å²) in [7, 11) is 0. The number of nitrogens with one attached hydrogen (secondary N) is 1. The molecule has 2 heterocycles. The molecule has 1 atom stereocenters. The molecule has 12 heteroatoms. The number of amides is 1. The maximum Gasteiger partial charge on any atom is 0.416 e. The predicted octanol–water partition coefficient (Wildman–Crippen LogP) is 3.79. The number of aromatic nitrogens is 2. The number of benzene rings is 2. The molecular weight excluding hydrogens is 464 g/mol. The number of hydrogen-bond donors (Lipinski definition) is 2. The Bertz CT molecular complexity index is 1190. The smallest absolute Gasteiger partial charge is 0.383 e. The molecule has 0 saturated carbocycles. The predicted molar refractivity (Wildman–Crippen MR) is 111 cm³/mol. The molecular formula is C22H19F6N5O. The van der Waals surface area contributed by atoms with Crippen molar-refractivity contribution in [2.75, 3.05) is 18.8 Å². The summed E-state index contributed by atoms with van der Waals surface area (Å²) in [4.78, 5) is 22.6. The number of nitrogen functional groups attached to an aromatic ring is 1. The molecule has 34 heavy (non-hydrogen) atoms. The average Bonchev–Trinajstić information content (AvgIpc) is 2.75. The Morgan fingerprint density at radius 1 is 0.971 bits per heavy atom. The van der Waals surface area contributed by atoms with E-state index in [0.29, 0.717) is 41.9 Å². The highest BCUT2D eigenvalue weighted by Crippen LogP contribution is 2.36. The molecule has 1 aliphatic heterocycles. The monoisotopic (exact) mass is 483 g/mol. The lowest BCUT2D eigenvalue weighted by molar-refractivity contribution is -0.143. The Labute approximate surface area is 189 Å². The van der Waals surface area contributed by atoms with Crippen molar-refractivity contribution in [2.24, 2.45) is 0 Å². The third kappa shape index (κ3) is 5.06. The van der Waals surface area contributed by atoms with E-state index in [1.165, 1.54) is 11.2 Å². The zero-order valence-corrected chi connectivity index (χ0v) is 17.5. The minimum absolute atomic E-state index is 0.0714. The van der Waals surface area contributed by atoms with E-state index in [1.807, 2.05) is 0 Å². The summed E-state index contributed by atoms with van der Waals surface area (Å²) in [6.45, 7) is 0.868. The van der Waals surface area contributed by atoms with Crippen LogP contribution in [-0.2, 0) is 30.1 Å². The van der Waals surface area contributed by atoms with E-state index in [-0.39, 0.29) is 24.6 Å². The van der Waals surface area contributed by atoms with Crippen molar-refractivity contribution in [1.82, 2.24) is 20.2 Å². The lowest BCUT2D eigenvalue weighted by Crippen LogP contribution is -2.55. The quantitative estimate of drug-likeness (QED) is 0.552. The van der Waals surface area contributed by atoms with E-state index >= 15 is 0 Å². The minimum atomic E-state index is -4.95. The lowest BCUT2D eigenvalue weighted by Gasteiger charge is -2.33. The first-order valence-electron chi connectivity index (χ1n) is 10.2. The van der Waals surface area contributed by atoms with Crippen LogP contribution in [0.1, 0.15) is 22.3 Å². The number of nitrogens with two attached hydrogens (primary N) is 1. The van der Waals surface area contributed by atoms with Gasteiger partial charge in [-0.3, -0.25) is 4.79 Å². The van der Waals surface area contributed by atoms with Gasteiger partial charge < -0.3 is 16.0 Å². The van der Waals surface area contributed by atoms with Crippen LogP contribution in [0, 0.1) is 0 Å². The first kappa shape index (κ1) is 23.7. The number of nitrogens with zero attached hydrogens (tertiary/aromatic N) is 3. The summed E-state index contributed by atoms with van der Waals surface area (Å²) in [5, 5.41) is 3.55. The molecule has 0 spiro atoms. The zero-order valence-electron chi connectivity index (χ0n) is 17.5. The maximum atomic E-state index is 13.2. The zero-order chi connectivity index (χ0) is 24.7. The van der Waals surface area contributed by atoms with E-state index in [4.69, 9.17) is 5.73 Å². The third-order valence-electron chi connectivity index (χ3n) is 5.57. The van der Waals surface area contributed by atoms with Crippen molar-refractivity contribution in [3.8, 4) is 0 Å². The van der Waals surface area contributed by atoms with E-state index in [1.54, 1.807) is 18.2 Å². The molecule has 0 bridgehead atoms. The van der Waals surface area contributed by atoms with Gasteiger partial charge in [-0.15, -0.1) is 0 Å². The highest BCUT2D eigenvalue weighted by Gasteiger charge is 2.37. The maximum absolute atomic E-state index is 13.2. The number of piperazine rings is 1. The van der Waals surface area contributed by atoms with Gasteiger partial charge in [0.25, 0.3) is 0 Å². The van der Waals surface area contributed by atoms with Crippen molar-refractivity contribution in [3.05, 3.63) is 65.0 Å². The van der Waals surface area contributed by atoms with Crippen LogP contribution in [0.15, 0.2) is 42.7 Å². The van der Waals surface area contributed by atoms with Crippen LogP contribution in [0.2, 0.25) is 0 Å². The fourth-order valence-electron chi connectivity index (χ4n) is 3.92. The summed E-state index contributed by atoms with van der Waals surface area (Å²) in [6, 6.07) is 5.65. The molecule has 0 radical (unpaired) electrons. The number of hydrogen-bond acceptors (Lipinski definition) is 5. The Morgan fingerprint density at radius 2 is 1.65 bits per heavy atom.